The molecule has 0 saturated heterocycles. The zero-order valence-electron chi connectivity index (χ0n) is 3.76. The van der Waals surface area contributed by atoms with Crippen LogP contribution in [-0.2, 0) is 0 Å². The van der Waals surface area contributed by atoms with E-state index in [0.29, 0.717) is 5.88 Å². The van der Waals surface area contributed by atoms with Gasteiger partial charge in [-0.05, 0) is 0 Å². The summed E-state index contributed by atoms with van der Waals surface area (Å²) in [5, 5.41) is 5.14. The van der Waals surface area contributed by atoms with Crippen LogP contribution in [0.3, 0.4) is 0 Å². The summed E-state index contributed by atoms with van der Waals surface area (Å²) >= 11 is 3.89. The van der Waals surface area contributed by atoms with Crippen molar-refractivity contribution in [1.82, 2.24) is 5.01 Å². The van der Waals surface area contributed by atoms with Gasteiger partial charge >= 0.3 is 0 Å². The second kappa shape index (κ2) is 3.03. The maximum Gasteiger partial charge on any atom is 0.0782 e. The zero-order valence-corrected chi connectivity index (χ0v) is 4.65. The number of hydrogen-bond acceptors (Lipinski definition) is 3. The lowest BCUT2D eigenvalue weighted by atomic mass is 11.2. The predicted molar refractivity (Wildman–Crippen MR) is 31.2 cm³/mol. The molecule has 3 heteroatoms. The Balaban J connectivity index is 2.96. The Morgan fingerprint density at radius 2 is 2.50 bits per heavy atom. The Kier molecular flexibility index (Phi) is 2.94. The van der Waals surface area contributed by atoms with Crippen molar-refractivity contribution in [2.75, 3.05) is 12.9 Å². The maximum absolute atomic E-state index is 3.89. The first kappa shape index (κ1) is 5.82. The lowest BCUT2D eigenvalue weighted by molar-refractivity contribution is 0.426. The molecule has 0 aromatic heterocycles. The molecular formula is C3H8N2S. The van der Waals surface area contributed by atoms with Gasteiger partial charge in [0, 0.05) is 13.8 Å². The first-order valence-electron chi connectivity index (χ1n) is 1.60. The van der Waals surface area contributed by atoms with Gasteiger partial charge in [0.1, 0.15) is 0 Å². The van der Waals surface area contributed by atoms with Gasteiger partial charge in [0.25, 0.3) is 0 Å². The SMILES string of the molecule is C=NN(C)CS. The van der Waals surface area contributed by atoms with Gasteiger partial charge in [0.15, 0.2) is 0 Å². The van der Waals surface area contributed by atoms with E-state index >= 15 is 0 Å². The van der Waals surface area contributed by atoms with Crippen molar-refractivity contribution in [3.05, 3.63) is 0 Å². The highest BCUT2D eigenvalue weighted by Crippen LogP contribution is 1.80. The van der Waals surface area contributed by atoms with Gasteiger partial charge in [-0.25, -0.2) is 0 Å². The molecule has 0 aromatic rings. The minimum Gasteiger partial charge on any atom is -0.291 e. The summed E-state index contributed by atoms with van der Waals surface area (Å²) in [6, 6.07) is 0. The molecule has 0 aliphatic rings. The van der Waals surface area contributed by atoms with Crippen molar-refractivity contribution in [1.29, 1.82) is 0 Å². The first-order chi connectivity index (χ1) is 2.81. The number of nitrogens with zero attached hydrogens (tertiary/aromatic N) is 2. The van der Waals surface area contributed by atoms with Crippen molar-refractivity contribution in [2.24, 2.45) is 5.10 Å². The van der Waals surface area contributed by atoms with Crippen molar-refractivity contribution >= 4 is 19.3 Å². The summed E-state index contributed by atoms with van der Waals surface area (Å²) in [6.45, 7) is 3.26. The van der Waals surface area contributed by atoms with Crippen molar-refractivity contribution in [3.8, 4) is 0 Å². The fraction of sp³-hybridized carbons (Fsp3) is 0.667. The van der Waals surface area contributed by atoms with Crippen LogP contribution in [0.15, 0.2) is 5.10 Å². The molecule has 6 heavy (non-hydrogen) atoms. The summed E-state index contributed by atoms with van der Waals surface area (Å²) < 4.78 is 0. The molecule has 0 heterocycles. The summed E-state index contributed by atoms with van der Waals surface area (Å²) in [6.07, 6.45) is 0. The van der Waals surface area contributed by atoms with Gasteiger partial charge in [-0.1, -0.05) is 0 Å². The quantitative estimate of drug-likeness (QED) is 0.232. The van der Waals surface area contributed by atoms with Crippen LogP contribution in [0.25, 0.3) is 0 Å². The highest BCUT2D eigenvalue weighted by Gasteiger charge is 1.76. The van der Waals surface area contributed by atoms with Crippen molar-refractivity contribution in [3.63, 3.8) is 0 Å². The average molecular weight is 104 g/mol. The summed E-state index contributed by atoms with van der Waals surface area (Å²) in [5.41, 5.74) is 0. The van der Waals surface area contributed by atoms with E-state index in [1.807, 2.05) is 0 Å². The van der Waals surface area contributed by atoms with Gasteiger partial charge in [0.05, 0.1) is 5.88 Å². The highest BCUT2D eigenvalue weighted by molar-refractivity contribution is 7.80. The van der Waals surface area contributed by atoms with E-state index < -0.39 is 0 Å². The van der Waals surface area contributed by atoms with E-state index in [1.54, 1.807) is 12.1 Å². The van der Waals surface area contributed by atoms with E-state index in [-0.39, 0.29) is 0 Å². The molecule has 0 spiro atoms. The van der Waals surface area contributed by atoms with Crippen LogP contribution in [0.2, 0.25) is 0 Å². The lowest BCUT2D eigenvalue weighted by Crippen LogP contribution is -2.05. The standard InChI is InChI=1S/C3H8N2S/c1-4-5(2)3-6/h6H,1,3H2,2H3. The Hall–Kier alpha value is -0.180. The molecule has 0 aliphatic carbocycles. The number of rotatable bonds is 2. The molecule has 0 N–H and O–H groups in total. The summed E-state index contributed by atoms with van der Waals surface area (Å²) in [4.78, 5) is 0. The van der Waals surface area contributed by atoms with Gasteiger partial charge in [-0.2, -0.15) is 17.7 Å². The zero-order chi connectivity index (χ0) is 4.99. The Morgan fingerprint density at radius 1 is 2.00 bits per heavy atom. The predicted octanol–water partition coefficient (Wildman–Crippen LogP) is 0.421. The molecule has 0 aromatic carbocycles. The van der Waals surface area contributed by atoms with Crippen LogP contribution in [0, 0.1) is 0 Å². The van der Waals surface area contributed by atoms with Gasteiger partial charge in [-0.15, -0.1) is 0 Å². The molecule has 0 atom stereocenters. The fourth-order valence-electron chi connectivity index (χ4n) is 0.0447. The van der Waals surface area contributed by atoms with E-state index in [2.05, 4.69) is 24.4 Å². The molecule has 0 rings (SSSR count). The van der Waals surface area contributed by atoms with E-state index in [4.69, 9.17) is 0 Å². The number of thiol groups is 1. The summed E-state index contributed by atoms with van der Waals surface area (Å²) in [7, 11) is 1.81. The summed E-state index contributed by atoms with van der Waals surface area (Å²) in [5.74, 6) is 0.628. The van der Waals surface area contributed by atoms with Crippen LogP contribution in [0.5, 0.6) is 0 Å². The molecule has 0 aliphatic heterocycles. The smallest absolute Gasteiger partial charge is 0.0782 e. The second-order valence-electron chi connectivity index (χ2n) is 0.940. The second-order valence-corrected chi connectivity index (χ2v) is 1.22. The molecule has 0 amide bonds. The van der Waals surface area contributed by atoms with Crippen LogP contribution >= 0.6 is 12.6 Å². The van der Waals surface area contributed by atoms with Crippen LogP contribution < -0.4 is 0 Å². The highest BCUT2D eigenvalue weighted by atomic mass is 32.1. The third-order valence-electron chi connectivity index (χ3n) is 0.446. The average Bonchev–Trinajstić information content (AvgIpc) is 1.65. The molecule has 0 saturated carbocycles. The maximum atomic E-state index is 3.89. The van der Waals surface area contributed by atoms with E-state index in [0.717, 1.165) is 0 Å². The Labute approximate surface area is 43.2 Å². The van der Waals surface area contributed by atoms with Gasteiger partial charge in [-0.3, -0.25) is 5.01 Å². The van der Waals surface area contributed by atoms with Crippen LogP contribution in [0.1, 0.15) is 0 Å². The van der Waals surface area contributed by atoms with Crippen LogP contribution in [-0.4, -0.2) is 24.7 Å². The largest absolute Gasteiger partial charge is 0.291 e. The Bertz CT molecular complexity index is 46.1. The topological polar surface area (TPSA) is 15.6 Å². The molecule has 0 unspecified atom stereocenters. The molecule has 0 bridgehead atoms. The molecular weight excluding hydrogens is 96.1 g/mol. The third-order valence-corrected chi connectivity index (χ3v) is 0.855. The Morgan fingerprint density at radius 3 is 2.50 bits per heavy atom. The number of hydrazone groups is 1. The van der Waals surface area contributed by atoms with Crippen molar-refractivity contribution < 1.29 is 0 Å². The van der Waals surface area contributed by atoms with Gasteiger partial charge in [0.2, 0.25) is 0 Å². The lowest BCUT2D eigenvalue weighted by Gasteiger charge is -2.03. The van der Waals surface area contributed by atoms with Crippen LogP contribution in [0.4, 0.5) is 0 Å². The molecule has 36 valence electrons. The first-order valence-corrected chi connectivity index (χ1v) is 2.23. The van der Waals surface area contributed by atoms with Crippen molar-refractivity contribution in [2.45, 2.75) is 0 Å². The molecule has 2 nitrogen and oxygen atoms in total. The monoisotopic (exact) mass is 104 g/mol. The van der Waals surface area contributed by atoms with E-state index in [1.165, 1.54) is 0 Å². The fourth-order valence-corrected chi connectivity index (χ4v) is 0.134. The third kappa shape index (κ3) is 2.08. The molecule has 0 fully saturated rings. The number of hydrogen-bond donors (Lipinski definition) is 1. The van der Waals surface area contributed by atoms with E-state index in [9.17, 15) is 0 Å². The molecule has 0 radical (unpaired) electrons. The minimum absolute atomic E-state index is 0.628. The minimum atomic E-state index is 0.628. The van der Waals surface area contributed by atoms with Gasteiger partial charge < -0.3 is 0 Å². The normalized spacial score (nSPS) is 7.67.